The molecule has 6 nitrogen and oxygen atoms in total. The molecule has 0 radical (unpaired) electrons. The van der Waals surface area contributed by atoms with Crippen LogP contribution in [0.2, 0.25) is 0 Å². The van der Waals surface area contributed by atoms with Gasteiger partial charge in [-0.3, -0.25) is 9.59 Å². The third kappa shape index (κ3) is 4.83. The maximum atomic E-state index is 12.8. The predicted octanol–water partition coefficient (Wildman–Crippen LogP) is 2.95. The molecule has 1 aromatic carbocycles. The highest BCUT2D eigenvalue weighted by atomic mass is 32.1. The van der Waals surface area contributed by atoms with E-state index in [1.54, 1.807) is 6.20 Å². The van der Waals surface area contributed by atoms with Crippen molar-refractivity contribution in [2.45, 2.75) is 25.4 Å². The molecule has 0 aliphatic heterocycles. The zero-order valence-corrected chi connectivity index (χ0v) is 16.1. The van der Waals surface area contributed by atoms with Gasteiger partial charge in [-0.1, -0.05) is 36.4 Å². The fourth-order valence-corrected chi connectivity index (χ4v) is 3.74. The Morgan fingerprint density at radius 3 is 2.52 bits per heavy atom. The summed E-state index contributed by atoms with van der Waals surface area (Å²) < 4.78 is 1.89. The Kier molecular flexibility index (Phi) is 6.03. The largest absolute Gasteiger partial charge is 0.348 e. The van der Waals surface area contributed by atoms with Crippen LogP contribution in [0.1, 0.15) is 41.7 Å². The van der Waals surface area contributed by atoms with E-state index in [0.717, 1.165) is 16.3 Å². The first-order valence-corrected chi connectivity index (χ1v) is 9.54. The van der Waals surface area contributed by atoms with Crippen LogP contribution in [0.3, 0.4) is 0 Å². The highest BCUT2D eigenvalue weighted by molar-refractivity contribution is 7.10. The molecule has 0 spiro atoms. The van der Waals surface area contributed by atoms with Crippen LogP contribution in [0.25, 0.3) is 0 Å². The molecule has 2 amide bonds. The number of rotatable bonds is 7. The third-order valence-electron chi connectivity index (χ3n) is 4.21. The molecule has 3 rings (SSSR count). The van der Waals surface area contributed by atoms with Crippen molar-refractivity contribution >= 4 is 23.2 Å². The van der Waals surface area contributed by atoms with E-state index in [9.17, 15) is 9.59 Å². The summed E-state index contributed by atoms with van der Waals surface area (Å²) in [4.78, 5) is 29.7. The van der Waals surface area contributed by atoms with E-state index < -0.39 is 0 Å². The minimum Gasteiger partial charge on any atom is -0.348 e. The van der Waals surface area contributed by atoms with Crippen molar-refractivity contribution in [2.24, 2.45) is 7.05 Å². The Morgan fingerprint density at radius 1 is 1.15 bits per heavy atom. The Hall–Kier alpha value is -2.93. The van der Waals surface area contributed by atoms with Crippen LogP contribution in [-0.4, -0.2) is 21.4 Å². The lowest BCUT2D eigenvalue weighted by Gasteiger charge is -2.21. The number of thiophene rings is 1. The summed E-state index contributed by atoms with van der Waals surface area (Å²) in [5.41, 5.74) is 0.951. The van der Waals surface area contributed by atoms with Crippen LogP contribution in [0.4, 0.5) is 0 Å². The number of amides is 2. The van der Waals surface area contributed by atoms with Gasteiger partial charge in [0.25, 0.3) is 0 Å². The van der Waals surface area contributed by atoms with Crippen LogP contribution < -0.4 is 10.6 Å². The second kappa shape index (κ2) is 8.64. The molecule has 0 saturated heterocycles. The van der Waals surface area contributed by atoms with Crippen molar-refractivity contribution in [3.8, 4) is 0 Å². The topological polar surface area (TPSA) is 76.0 Å². The summed E-state index contributed by atoms with van der Waals surface area (Å²) >= 11 is 1.52. The molecule has 2 atom stereocenters. The van der Waals surface area contributed by atoms with Crippen molar-refractivity contribution < 1.29 is 9.59 Å². The zero-order chi connectivity index (χ0) is 19.2. The number of imidazole rings is 1. The minimum atomic E-state index is -0.361. The summed E-state index contributed by atoms with van der Waals surface area (Å²) in [6.45, 7) is 1.46. The SMILES string of the molecule is CC(=O)N[C@H](CC(=O)N[C@@H](c1ccccc1)c1nccn1C)c1cccs1. The molecule has 27 heavy (non-hydrogen) atoms. The summed E-state index contributed by atoms with van der Waals surface area (Å²) in [6, 6.07) is 12.9. The van der Waals surface area contributed by atoms with Crippen molar-refractivity contribution in [1.82, 2.24) is 20.2 Å². The van der Waals surface area contributed by atoms with Gasteiger partial charge in [0.15, 0.2) is 0 Å². The average Bonchev–Trinajstić information content (AvgIpc) is 3.31. The molecule has 0 unspecified atom stereocenters. The molecular weight excluding hydrogens is 360 g/mol. The van der Waals surface area contributed by atoms with Gasteiger partial charge in [0.2, 0.25) is 11.8 Å². The lowest BCUT2D eigenvalue weighted by molar-refractivity contribution is -0.123. The van der Waals surface area contributed by atoms with Gasteiger partial charge < -0.3 is 15.2 Å². The first kappa shape index (κ1) is 18.8. The second-order valence-electron chi connectivity index (χ2n) is 6.28. The molecule has 0 bridgehead atoms. The summed E-state index contributed by atoms with van der Waals surface area (Å²) in [6.07, 6.45) is 3.72. The summed E-state index contributed by atoms with van der Waals surface area (Å²) in [5, 5.41) is 7.87. The number of carbonyl (C=O) groups is 2. The van der Waals surface area contributed by atoms with Crippen LogP contribution in [-0.2, 0) is 16.6 Å². The second-order valence-corrected chi connectivity index (χ2v) is 7.26. The maximum Gasteiger partial charge on any atom is 0.223 e. The number of benzene rings is 1. The molecule has 0 saturated carbocycles. The Balaban J connectivity index is 1.80. The zero-order valence-electron chi connectivity index (χ0n) is 15.3. The van der Waals surface area contributed by atoms with Gasteiger partial charge in [-0.25, -0.2) is 4.98 Å². The highest BCUT2D eigenvalue weighted by Crippen LogP contribution is 2.24. The number of nitrogens with zero attached hydrogens (tertiary/aromatic N) is 2. The fraction of sp³-hybridized carbons (Fsp3) is 0.250. The Bertz CT molecular complexity index is 890. The predicted molar refractivity (Wildman–Crippen MR) is 105 cm³/mol. The van der Waals surface area contributed by atoms with Gasteiger partial charge in [0.05, 0.1) is 12.5 Å². The van der Waals surface area contributed by atoms with Crippen LogP contribution in [0, 0.1) is 0 Å². The average molecular weight is 382 g/mol. The molecule has 0 fully saturated rings. The summed E-state index contributed by atoms with van der Waals surface area (Å²) in [5.74, 6) is 0.436. The van der Waals surface area contributed by atoms with Crippen molar-refractivity contribution in [1.29, 1.82) is 0 Å². The number of aryl methyl sites for hydroxylation is 1. The van der Waals surface area contributed by atoms with E-state index in [1.165, 1.54) is 18.3 Å². The summed E-state index contributed by atoms with van der Waals surface area (Å²) in [7, 11) is 1.90. The van der Waals surface area contributed by atoms with E-state index in [-0.39, 0.29) is 30.3 Å². The van der Waals surface area contributed by atoms with Gasteiger partial charge in [-0.05, 0) is 17.0 Å². The first-order valence-electron chi connectivity index (χ1n) is 8.66. The maximum absolute atomic E-state index is 12.8. The van der Waals surface area contributed by atoms with E-state index in [0.29, 0.717) is 0 Å². The normalized spacial score (nSPS) is 13.0. The van der Waals surface area contributed by atoms with Gasteiger partial charge in [-0.15, -0.1) is 11.3 Å². The highest BCUT2D eigenvalue weighted by Gasteiger charge is 2.24. The van der Waals surface area contributed by atoms with Gasteiger partial charge in [0.1, 0.15) is 11.9 Å². The Labute approximate surface area is 162 Å². The van der Waals surface area contributed by atoms with E-state index in [4.69, 9.17) is 0 Å². The van der Waals surface area contributed by atoms with E-state index in [2.05, 4.69) is 15.6 Å². The van der Waals surface area contributed by atoms with Crippen LogP contribution >= 0.6 is 11.3 Å². The molecule has 7 heteroatoms. The fourth-order valence-electron chi connectivity index (χ4n) is 2.96. The number of nitrogens with one attached hydrogen (secondary N) is 2. The molecule has 0 aliphatic rings. The van der Waals surface area contributed by atoms with Gasteiger partial charge >= 0.3 is 0 Å². The number of hydrogen-bond donors (Lipinski definition) is 2. The van der Waals surface area contributed by atoms with E-state index >= 15 is 0 Å². The monoisotopic (exact) mass is 382 g/mol. The lowest BCUT2D eigenvalue weighted by Crippen LogP contribution is -2.35. The van der Waals surface area contributed by atoms with Crippen LogP contribution in [0.15, 0.2) is 60.2 Å². The lowest BCUT2D eigenvalue weighted by atomic mass is 10.1. The molecule has 140 valence electrons. The molecule has 2 heterocycles. The third-order valence-corrected chi connectivity index (χ3v) is 5.19. The smallest absolute Gasteiger partial charge is 0.223 e. The van der Waals surface area contributed by atoms with Crippen molar-refractivity contribution in [2.75, 3.05) is 0 Å². The molecular formula is C20H22N4O2S. The first-order chi connectivity index (χ1) is 13.0. The van der Waals surface area contributed by atoms with Crippen molar-refractivity contribution in [3.05, 3.63) is 76.5 Å². The van der Waals surface area contributed by atoms with Gasteiger partial charge in [-0.2, -0.15) is 0 Å². The molecule has 0 aliphatic carbocycles. The standard InChI is InChI=1S/C20H22N4O2S/c1-14(25)22-16(17-9-6-12-27-17)13-18(26)23-19(15-7-4-3-5-8-15)20-21-10-11-24(20)2/h3-12,16,19H,13H2,1-2H3,(H,22,25)(H,23,26)/t16-,19+/m1/s1. The quantitative estimate of drug-likeness (QED) is 0.660. The molecule has 2 N–H and O–H groups in total. The van der Waals surface area contributed by atoms with E-state index in [1.807, 2.05) is 65.7 Å². The number of aromatic nitrogens is 2. The number of hydrogen-bond acceptors (Lipinski definition) is 4. The van der Waals surface area contributed by atoms with Gasteiger partial charge in [0, 0.05) is 31.2 Å². The molecule has 3 aromatic rings. The van der Waals surface area contributed by atoms with Crippen LogP contribution in [0.5, 0.6) is 0 Å². The number of carbonyl (C=O) groups excluding carboxylic acids is 2. The minimum absolute atomic E-state index is 0.154. The Morgan fingerprint density at radius 2 is 1.93 bits per heavy atom. The van der Waals surface area contributed by atoms with Crippen molar-refractivity contribution in [3.63, 3.8) is 0 Å². The molecule has 2 aromatic heterocycles.